The monoisotopic (exact) mass is 268 g/mol. The van der Waals surface area contributed by atoms with E-state index in [1.807, 2.05) is 19.0 Å². The second-order valence-electron chi connectivity index (χ2n) is 5.13. The zero-order valence-electron chi connectivity index (χ0n) is 11.2. The third-order valence-corrected chi connectivity index (χ3v) is 3.52. The van der Waals surface area contributed by atoms with E-state index in [-0.39, 0.29) is 17.4 Å². The molecule has 1 atom stereocenters. The summed E-state index contributed by atoms with van der Waals surface area (Å²) >= 11 is 0. The molecular weight excluding hydrogens is 250 g/mol. The normalized spacial score (nSPS) is 22.2. The van der Waals surface area contributed by atoms with Crippen LogP contribution in [-0.4, -0.2) is 55.4 Å². The Morgan fingerprint density at radius 3 is 2.42 bits per heavy atom. The van der Waals surface area contributed by atoms with E-state index in [1.54, 1.807) is 0 Å². The predicted molar refractivity (Wildman–Crippen MR) is 69.2 cm³/mol. The SMILES string of the molecule is CN1CCCN(C)C(C(=O)c2cc(F)cc(F)c2)C1. The van der Waals surface area contributed by atoms with Gasteiger partial charge in [-0.1, -0.05) is 0 Å². The van der Waals surface area contributed by atoms with Crippen molar-refractivity contribution in [2.75, 3.05) is 33.7 Å². The van der Waals surface area contributed by atoms with Gasteiger partial charge in [-0.2, -0.15) is 0 Å². The van der Waals surface area contributed by atoms with Gasteiger partial charge in [0.2, 0.25) is 0 Å². The van der Waals surface area contributed by atoms with Crippen LogP contribution in [0.2, 0.25) is 0 Å². The molecule has 0 N–H and O–H groups in total. The number of nitrogens with zero attached hydrogens (tertiary/aromatic N) is 2. The molecule has 0 bridgehead atoms. The standard InChI is InChI=1S/C14H18F2N2O/c1-17-4-3-5-18(2)13(9-17)14(19)10-6-11(15)8-12(16)7-10/h6-8,13H,3-5,9H2,1-2H3. The van der Waals surface area contributed by atoms with Crippen LogP contribution < -0.4 is 0 Å². The van der Waals surface area contributed by atoms with Gasteiger partial charge in [0, 0.05) is 18.2 Å². The first-order valence-corrected chi connectivity index (χ1v) is 6.36. The number of ketones is 1. The Bertz CT molecular complexity index is 458. The maximum atomic E-state index is 13.2. The van der Waals surface area contributed by atoms with Crippen LogP contribution >= 0.6 is 0 Å². The number of benzene rings is 1. The Kier molecular flexibility index (Phi) is 4.27. The van der Waals surface area contributed by atoms with Crippen LogP contribution in [0.1, 0.15) is 16.8 Å². The maximum absolute atomic E-state index is 13.2. The zero-order chi connectivity index (χ0) is 14.0. The molecule has 1 aliphatic rings. The highest BCUT2D eigenvalue weighted by Crippen LogP contribution is 2.15. The van der Waals surface area contributed by atoms with Crippen molar-refractivity contribution in [2.24, 2.45) is 0 Å². The summed E-state index contributed by atoms with van der Waals surface area (Å²) in [6.45, 7) is 2.30. The van der Waals surface area contributed by atoms with Crippen molar-refractivity contribution >= 4 is 5.78 Å². The van der Waals surface area contributed by atoms with E-state index < -0.39 is 11.6 Å². The van der Waals surface area contributed by atoms with Crippen molar-refractivity contribution in [1.29, 1.82) is 0 Å². The summed E-state index contributed by atoms with van der Waals surface area (Å²) in [7, 11) is 3.82. The minimum Gasteiger partial charge on any atom is -0.304 e. The number of carbonyl (C=O) groups excluding carboxylic acids is 1. The summed E-state index contributed by atoms with van der Waals surface area (Å²) in [5.74, 6) is -1.66. The van der Waals surface area contributed by atoms with E-state index in [9.17, 15) is 13.6 Å². The number of Topliss-reactive ketones (excluding diaryl/α,β-unsaturated/α-hetero) is 1. The molecule has 0 spiro atoms. The minimum absolute atomic E-state index is 0.102. The van der Waals surface area contributed by atoms with E-state index in [1.165, 1.54) is 0 Å². The predicted octanol–water partition coefficient (Wildman–Crippen LogP) is 1.78. The molecule has 0 amide bonds. The van der Waals surface area contributed by atoms with Crippen LogP contribution in [0.5, 0.6) is 0 Å². The highest BCUT2D eigenvalue weighted by atomic mass is 19.1. The molecule has 1 heterocycles. The van der Waals surface area contributed by atoms with E-state index in [0.717, 1.165) is 37.7 Å². The second-order valence-corrected chi connectivity index (χ2v) is 5.13. The zero-order valence-corrected chi connectivity index (χ0v) is 11.2. The topological polar surface area (TPSA) is 23.6 Å². The van der Waals surface area contributed by atoms with Gasteiger partial charge in [0.05, 0.1) is 6.04 Å². The molecule has 0 aliphatic carbocycles. The van der Waals surface area contributed by atoms with E-state index in [4.69, 9.17) is 0 Å². The first kappa shape index (κ1) is 14.1. The van der Waals surface area contributed by atoms with Crippen molar-refractivity contribution in [1.82, 2.24) is 9.80 Å². The van der Waals surface area contributed by atoms with Crippen molar-refractivity contribution in [3.05, 3.63) is 35.4 Å². The van der Waals surface area contributed by atoms with Crippen LogP contribution in [0.4, 0.5) is 8.78 Å². The van der Waals surface area contributed by atoms with Gasteiger partial charge in [-0.15, -0.1) is 0 Å². The van der Waals surface area contributed by atoms with Gasteiger partial charge in [-0.3, -0.25) is 9.69 Å². The van der Waals surface area contributed by atoms with E-state index in [2.05, 4.69) is 4.90 Å². The van der Waals surface area contributed by atoms with Crippen LogP contribution in [0.3, 0.4) is 0 Å². The molecule has 1 aromatic rings. The van der Waals surface area contributed by atoms with Gasteiger partial charge < -0.3 is 4.90 Å². The average Bonchev–Trinajstić information content (AvgIpc) is 2.49. The number of halogens is 2. The lowest BCUT2D eigenvalue weighted by Crippen LogP contribution is -2.43. The molecule has 104 valence electrons. The highest BCUT2D eigenvalue weighted by Gasteiger charge is 2.28. The quantitative estimate of drug-likeness (QED) is 0.764. The van der Waals surface area contributed by atoms with Crippen LogP contribution in [0.15, 0.2) is 18.2 Å². The Balaban J connectivity index is 2.25. The third-order valence-electron chi connectivity index (χ3n) is 3.52. The third kappa shape index (κ3) is 3.36. The molecule has 1 aromatic carbocycles. The molecule has 0 aromatic heterocycles. The fourth-order valence-corrected chi connectivity index (χ4v) is 2.44. The summed E-state index contributed by atoms with van der Waals surface area (Å²) in [5, 5.41) is 0. The van der Waals surface area contributed by atoms with E-state index in [0.29, 0.717) is 6.54 Å². The molecular formula is C14H18F2N2O. The fourth-order valence-electron chi connectivity index (χ4n) is 2.44. The van der Waals surface area contributed by atoms with Gasteiger partial charge in [-0.25, -0.2) is 8.78 Å². The number of rotatable bonds is 2. The lowest BCUT2D eigenvalue weighted by Gasteiger charge is -2.26. The van der Waals surface area contributed by atoms with Gasteiger partial charge in [0.15, 0.2) is 5.78 Å². The van der Waals surface area contributed by atoms with E-state index >= 15 is 0 Å². The number of hydrogen-bond donors (Lipinski definition) is 0. The van der Waals surface area contributed by atoms with Crippen molar-refractivity contribution in [3.8, 4) is 0 Å². The number of hydrogen-bond acceptors (Lipinski definition) is 3. The molecule has 0 radical (unpaired) electrons. The first-order valence-electron chi connectivity index (χ1n) is 6.36. The van der Waals surface area contributed by atoms with Crippen LogP contribution in [0.25, 0.3) is 0 Å². The van der Waals surface area contributed by atoms with Gasteiger partial charge in [-0.05, 0) is 45.7 Å². The summed E-state index contributed by atoms with van der Waals surface area (Å²) < 4.78 is 26.4. The van der Waals surface area contributed by atoms with Crippen LogP contribution in [-0.2, 0) is 0 Å². The molecule has 1 aliphatic heterocycles. The molecule has 5 heteroatoms. The Morgan fingerprint density at radius 1 is 1.16 bits per heavy atom. The highest BCUT2D eigenvalue weighted by molar-refractivity contribution is 6.00. The van der Waals surface area contributed by atoms with Gasteiger partial charge >= 0.3 is 0 Å². The number of carbonyl (C=O) groups is 1. The molecule has 1 fully saturated rings. The molecule has 1 saturated heterocycles. The smallest absolute Gasteiger partial charge is 0.181 e. The first-order chi connectivity index (χ1) is 8.97. The van der Waals surface area contributed by atoms with Crippen molar-refractivity contribution in [3.63, 3.8) is 0 Å². The number of likely N-dealkylation sites (N-methyl/N-ethyl adjacent to an activating group) is 2. The average molecular weight is 268 g/mol. The summed E-state index contributed by atoms with van der Waals surface area (Å²) in [6, 6.07) is 2.63. The van der Waals surface area contributed by atoms with Gasteiger partial charge in [0.25, 0.3) is 0 Å². The summed E-state index contributed by atoms with van der Waals surface area (Å²) in [4.78, 5) is 16.4. The molecule has 19 heavy (non-hydrogen) atoms. The van der Waals surface area contributed by atoms with Gasteiger partial charge in [0.1, 0.15) is 11.6 Å². The minimum atomic E-state index is -0.715. The lowest BCUT2D eigenvalue weighted by atomic mass is 10.0. The Hall–Kier alpha value is -1.33. The second kappa shape index (κ2) is 5.75. The maximum Gasteiger partial charge on any atom is 0.181 e. The molecule has 0 saturated carbocycles. The summed E-state index contributed by atoms with van der Waals surface area (Å²) in [5.41, 5.74) is 0.102. The largest absolute Gasteiger partial charge is 0.304 e. The molecule has 2 rings (SSSR count). The molecule has 3 nitrogen and oxygen atoms in total. The fraction of sp³-hybridized carbons (Fsp3) is 0.500. The summed E-state index contributed by atoms with van der Waals surface area (Å²) in [6.07, 6.45) is 0.980. The Labute approximate surface area is 111 Å². The molecule has 1 unspecified atom stereocenters. The Morgan fingerprint density at radius 2 is 1.79 bits per heavy atom. The van der Waals surface area contributed by atoms with Crippen molar-refractivity contribution in [2.45, 2.75) is 12.5 Å². The lowest BCUT2D eigenvalue weighted by molar-refractivity contribution is 0.0838. The van der Waals surface area contributed by atoms with Crippen molar-refractivity contribution < 1.29 is 13.6 Å². The van der Waals surface area contributed by atoms with Crippen LogP contribution in [0, 0.1) is 11.6 Å².